The fraction of sp³-hybridized carbons (Fsp3) is 0.261. The largest absolute Gasteiger partial charge is 0.508 e. The van der Waals surface area contributed by atoms with E-state index in [-0.39, 0.29) is 33.3 Å². The van der Waals surface area contributed by atoms with Crippen LogP contribution >= 0.6 is 23.2 Å². The molecule has 1 heterocycles. The lowest BCUT2D eigenvalue weighted by molar-refractivity contribution is 0.160. The third-order valence-corrected chi connectivity index (χ3v) is 5.50. The van der Waals surface area contributed by atoms with E-state index in [2.05, 4.69) is 10.3 Å². The van der Waals surface area contributed by atoms with Crippen molar-refractivity contribution < 1.29 is 19.3 Å². The van der Waals surface area contributed by atoms with Crippen LogP contribution in [0.25, 0.3) is 0 Å². The fourth-order valence-corrected chi connectivity index (χ4v) is 3.54. The molecule has 3 aromatic rings. The highest BCUT2D eigenvalue weighted by Gasteiger charge is 2.24. The Hall–Kier alpha value is -2.54. The number of aromatic nitrogens is 1. The van der Waals surface area contributed by atoms with Crippen LogP contribution in [0.15, 0.2) is 48.5 Å². The van der Waals surface area contributed by atoms with Crippen molar-refractivity contribution in [3.63, 3.8) is 0 Å². The predicted molar refractivity (Wildman–Crippen MR) is 121 cm³/mol. The van der Waals surface area contributed by atoms with Gasteiger partial charge in [-0.15, -0.1) is 0 Å². The Balaban J connectivity index is 1.90. The van der Waals surface area contributed by atoms with Crippen LogP contribution in [0, 0.1) is 5.95 Å². The third kappa shape index (κ3) is 5.21. The van der Waals surface area contributed by atoms with Crippen LogP contribution in [0.4, 0.5) is 10.2 Å². The summed E-state index contributed by atoms with van der Waals surface area (Å²) in [7, 11) is 0. The number of pyridine rings is 1. The minimum atomic E-state index is -0.965. The highest BCUT2D eigenvalue weighted by molar-refractivity contribution is 6.38. The van der Waals surface area contributed by atoms with E-state index in [1.165, 1.54) is 12.1 Å². The summed E-state index contributed by atoms with van der Waals surface area (Å²) in [6, 6.07) is 13.2. The number of benzene rings is 2. The second kappa shape index (κ2) is 9.73. The molecule has 31 heavy (non-hydrogen) atoms. The first-order chi connectivity index (χ1) is 14.7. The number of phenols is 1. The predicted octanol–water partition coefficient (Wildman–Crippen LogP) is 6.68. The zero-order chi connectivity index (χ0) is 22.7. The molecule has 0 aliphatic carbocycles. The molecule has 5 nitrogen and oxygen atoms in total. The summed E-state index contributed by atoms with van der Waals surface area (Å²) < 4.78 is 20.2. The van der Waals surface area contributed by atoms with Gasteiger partial charge in [0.1, 0.15) is 21.5 Å². The molecular formula is C23H23Cl2FN2O3. The lowest BCUT2D eigenvalue weighted by Crippen LogP contribution is -2.25. The van der Waals surface area contributed by atoms with Crippen LogP contribution in [-0.4, -0.2) is 21.2 Å². The van der Waals surface area contributed by atoms with Crippen molar-refractivity contribution in [2.24, 2.45) is 0 Å². The van der Waals surface area contributed by atoms with Gasteiger partial charge in [-0.3, -0.25) is 0 Å². The van der Waals surface area contributed by atoms with Crippen LogP contribution in [-0.2, 0) is 0 Å². The summed E-state index contributed by atoms with van der Waals surface area (Å²) in [5.74, 6) is -0.580. The highest BCUT2D eigenvalue weighted by Crippen LogP contribution is 2.42. The Kier molecular flexibility index (Phi) is 7.26. The number of hydrogen-bond acceptors (Lipinski definition) is 5. The van der Waals surface area contributed by atoms with E-state index in [9.17, 15) is 14.6 Å². The molecule has 3 rings (SSSR count). The zero-order valence-corrected chi connectivity index (χ0v) is 18.7. The Labute approximate surface area is 190 Å². The zero-order valence-electron chi connectivity index (χ0n) is 17.2. The standard InChI is InChI=1S/C23H23Cl2FN2O3/c1-12(2)16-11-15(9-10-17(16)29)31-21-18(24)22(26)28-23(19(21)25)27-13(3)20(30)14-7-5-4-6-8-14/h4-13,20,29-30H,1-3H3,(H,27,28)/t13-,20?/m0/s1. The smallest absolute Gasteiger partial charge is 0.237 e. The van der Waals surface area contributed by atoms with Gasteiger partial charge in [-0.25, -0.2) is 0 Å². The van der Waals surface area contributed by atoms with E-state index >= 15 is 0 Å². The molecule has 2 atom stereocenters. The van der Waals surface area contributed by atoms with Gasteiger partial charge in [0.15, 0.2) is 11.6 Å². The summed E-state index contributed by atoms with van der Waals surface area (Å²) in [4.78, 5) is 3.78. The number of aromatic hydroxyl groups is 1. The summed E-state index contributed by atoms with van der Waals surface area (Å²) in [5.41, 5.74) is 1.35. The lowest BCUT2D eigenvalue weighted by Gasteiger charge is -2.22. The quantitative estimate of drug-likeness (QED) is 0.340. The maximum absolute atomic E-state index is 14.4. The average molecular weight is 465 g/mol. The van der Waals surface area contributed by atoms with Crippen molar-refractivity contribution in [3.8, 4) is 17.2 Å². The Morgan fingerprint density at radius 3 is 2.35 bits per heavy atom. The van der Waals surface area contributed by atoms with Crippen molar-refractivity contribution in [1.29, 1.82) is 0 Å². The van der Waals surface area contributed by atoms with Gasteiger partial charge in [-0.2, -0.15) is 9.37 Å². The maximum atomic E-state index is 14.4. The molecule has 1 unspecified atom stereocenters. The number of halogens is 3. The second-order valence-corrected chi connectivity index (χ2v) is 8.23. The van der Waals surface area contributed by atoms with Crippen LogP contribution < -0.4 is 10.1 Å². The number of aliphatic hydroxyl groups is 1. The molecule has 0 amide bonds. The lowest BCUT2D eigenvalue weighted by atomic mass is 10.0. The van der Waals surface area contributed by atoms with Gasteiger partial charge >= 0.3 is 0 Å². The van der Waals surface area contributed by atoms with Gasteiger partial charge in [0.25, 0.3) is 0 Å². The van der Waals surface area contributed by atoms with Gasteiger partial charge < -0.3 is 20.3 Å². The van der Waals surface area contributed by atoms with Crippen LogP contribution in [0.3, 0.4) is 0 Å². The molecule has 2 aromatic carbocycles. The number of anilines is 1. The third-order valence-electron chi connectivity index (χ3n) is 4.82. The van der Waals surface area contributed by atoms with Gasteiger partial charge in [0.05, 0.1) is 12.1 Å². The van der Waals surface area contributed by atoms with E-state index in [0.29, 0.717) is 16.9 Å². The van der Waals surface area contributed by atoms with E-state index in [0.717, 1.165) is 0 Å². The Bertz CT molecular complexity index is 1060. The van der Waals surface area contributed by atoms with Crippen molar-refractivity contribution in [3.05, 3.63) is 75.7 Å². The number of nitrogens with zero attached hydrogens (tertiary/aromatic N) is 1. The van der Waals surface area contributed by atoms with E-state index in [1.54, 1.807) is 25.1 Å². The first-order valence-electron chi connectivity index (χ1n) is 9.73. The first kappa shape index (κ1) is 23.1. The number of rotatable bonds is 7. The van der Waals surface area contributed by atoms with Crippen molar-refractivity contribution in [2.75, 3.05) is 5.32 Å². The van der Waals surface area contributed by atoms with Gasteiger partial charge in [-0.05, 0) is 36.6 Å². The average Bonchev–Trinajstić information content (AvgIpc) is 2.75. The molecular weight excluding hydrogens is 442 g/mol. The molecule has 0 aliphatic heterocycles. The van der Waals surface area contributed by atoms with Gasteiger partial charge in [0.2, 0.25) is 5.95 Å². The number of phenolic OH excluding ortho intramolecular Hbond substituents is 1. The van der Waals surface area contributed by atoms with Gasteiger partial charge in [0, 0.05) is 5.56 Å². The minimum Gasteiger partial charge on any atom is -0.508 e. The molecule has 0 saturated heterocycles. The van der Waals surface area contributed by atoms with Gasteiger partial charge in [-0.1, -0.05) is 67.4 Å². The van der Waals surface area contributed by atoms with E-state index in [1.807, 2.05) is 32.0 Å². The number of ether oxygens (including phenoxy) is 1. The molecule has 0 aliphatic rings. The Morgan fingerprint density at radius 1 is 1.03 bits per heavy atom. The first-order valence-corrected chi connectivity index (χ1v) is 10.5. The molecule has 0 saturated carbocycles. The fourth-order valence-electron chi connectivity index (χ4n) is 3.09. The molecule has 164 valence electrons. The SMILES string of the molecule is CC(C)c1cc(Oc2c(Cl)c(F)nc(N[C@@H](C)C(O)c3ccccc3)c2Cl)ccc1O. The normalized spacial score (nSPS) is 13.2. The summed E-state index contributed by atoms with van der Waals surface area (Å²) in [6.45, 7) is 5.57. The summed E-state index contributed by atoms with van der Waals surface area (Å²) in [6.07, 6.45) is -0.882. The monoisotopic (exact) mass is 464 g/mol. The number of hydrogen-bond donors (Lipinski definition) is 3. The maximum Gasteiger partial charge on any atom is 0.237 e. The molecule has 0 spiro atoms. The highest BCUT2D eigenvalue weighted by atomic mass is 35.5. The second-order valence-electron chi connectivity index (χ2n) is 7.47. The summed E-state index contributed by atoms with van der Waals surface area (Å²) in [5, 5.41) is 23.1. The summed E-state index contributed by atoms with van der Waals surface area (Å²) >= 11 is 12.5. The molecule has 0 radical (unpaired) electrons. The molecule has 3 N–H and O–H groups in total. The molecule has 1 aromatic heterocycles. The topological polar surface area (TPSA) is 74.6 Å². The molecule has 0 bridgehead atoms. The van der Waals surface area contributed by atoms with E-state index in [4.69, 9.17) is 27.9 Å². The van der Waals surface area contributed by atoms with Crippen molar-refractivity contribution in [1.82, 2.24) is 4.98 Å². The van der Waals surface area contributed by atoms with Crippen LogP contribution in [0.1, 0.15) is 43.9 Å². The van der Waals surface area contributed by atoms with Crippen LogP contribution in [0.2, 0.25) is 10.0 Å². The molecule has 8 heteroatoms. The Morgan fingerprint density at radius 2 is 1.71 bits per heavy atom. The molecule has 0 fully saturated rings. The van der Waals surface area contributed by atoms with Crippen molar-refractivity contribution in [2.45, 2.75) is 38.8 Å². The van der Waals surface area contributed by atoms with E-state index < -0.39 is 18.1 Å². The van der Waals surface area contributed by atoms with Crippen molar-refractivity contribution >= 4 is 29.0 Å². The number of nitrogens with one attached hydrogen (secondary N) is 1. The minimum absolute atomic E-state index is 0.0103. The van der Waals surface area contributed by atoms with Crippen LogP contribution in [0.5, 0.6) is 17.2 Å². The number of aliphatic hydroxyl groups excluding tert-OH is 1.